The van der Waals surface area contributed by atoms with Crippen LogP contribution in [0, 0.1) is 0 Å². The van der Waals surface area contributed by atoms with Gasteiger partial charge < -0.3 is 15.0 Å². The van der Waals surface area contributed by atoms with E-state index < -0.39 is 0 Å². The maximum Gasteiger partial charge on any atom is 0.322 e. The molecule has 4 rings (SSSR count). The number of carbonyl (C=O) groups is 2. The molecule has 0 aromatic heterocycles. The molecule has 2 amide bonds. The lowest BCUT2D eigenvalue weighted by atomic mass is 10.0. The summed E-state index contributed by atoms with van der Waals surface area (Å²) in [5.41, 5.74) is 3.87. The van der Waals surface area contributed by atoms with Gasteiger partial charge in [0, 0.05) is 29.9 Å². The normalized spacial score (nSPS) is 13.0. The lowest BCUT2D eigenvalue weighted by molar-refractivity contribution is 0.103. The molecular formula is C25H22N2O3. The third-order valence-corrected chi connectivity index (χ3v) is 5.06. The summed E-state index contributed by atoms with van der Waals surface area (Å²) in [5, 5.41) is 2.90. The fourth-order valence-corrected chi connectivity index (χ4v) is 3.44. The Kier molecular flexibility index (Phi) is 5.61. The molecule has 1 aliphatic heterocycles. The summed E-state index contributed by atoms with van der Waals surface area (Å²) in [6, 6.07) is 23.7. The SMILES string of the molecule is COc1cccc(C2=CCN(C(=O)Nc3cccc(C(=O)c4ccccc4)c3)C2)c1. The van der Waals surface area contributed by atoms with Crippen LogP contribution >= 0.6 is 0 Å². The van der Waals surface area contributed by atoms with Gasteiger partial charge in [-0.1, -0.05) is 60.7 Å². The largest absolute Gasteiger partial charge is 0.497 e. The number of ether oxygens (including phenoxy) is 1. The van der Waals surface area contributed by atoms with E-state index in [2.05, 4.69) is 5.32 Å². The molecule has 5 heteroatoms. The van der Waals surface area contributed by atoms with Gasteiger partial charge in [-0.05, 0) is 35.4 Å². The van der Waals surface area contributed by atoms with Gasteiger partial charge in [0.15, 0.2) is 5.78 Å². The summed E-state index contributed by atoms with van der Waals surface area (Å²) in [4.78, 5) is 27.1. The zero-order valence-electron chi connectivity index (χ0n) is 16.7. The first-order valence-electron chi connectivity index (χ1n) is 9.73. The highest BCUT2D eigenvalue weighted by molar-refractivity contribution is 6.09. The number of benzene rings is 3. The van der Waals surface area contributed by atoms with Crippen molar-refractivity contribution in [3.63, 3.8) is 0 Å². The van der Waals surface area contributed by atoms with Gasteiger partial charge in [0.2, 0.25) is 0 Å². The van der Waals surface area contributed by atoms with Crippen LogP contribution < -0.4 is 10.1 Å². The van der Waals surface area contributed by atoms with Crippen LogP contribution in [0.25, 0.3) is 5.57 Å². The highest BCUT2D eigenvalue weighted by Gasteiger charge is 2.21. The van der Waals surface area contributed by atoms with Gasteiger partial charge >= 0.3 is 6.03 Å². The van der Waals surface area contributed by atoms with Crippen molar-refractivity contribution in [2.24, 2.45) is 0 Å². The Balaban J connectivity index is 1.42. The summed E-state index contributed by atoms with van der Waals surface area (Å²) >= 11 is 0. The first-order chi connectivity index (χ1) is 14.6. The molecule has 0 bridgehead atoms. The molecule has 0 aliphatic carbocycles. The molecule has 30 heavy (non-hydrogen) atoms. The first-order valence-corrected chi connectivity index (χ1v) is 9.73. The van der Waals surface area contributed by atoms with E-state index in [1.54, 1.807) is 48.4 Å². The number of ketones is 1. The molecule has 1 N–H and O–H groups in total. The minimum atomic E-state index is -0.201. The van der Waals surface area contributed by atoms with E-state index in [1.807, 2.05) is 48.5 Å². The van der Waals surface area contributed by atoms with Crippen molar-refractivity contribution in [3.8, 4) is 5.75 Å². The number of rotatable bonds is 5. The minimum absolute atomic E-state index is 0.0742. The van der Waals surface area contributed by atoms with Gasteiger partial charge in [-0.15, -0.1) is 0 Å². The Morgan fingerprint density at radius 2 is 1.67 bits per heavy atom. The van der Waals surface area contributed by atoms with Crippen molar-refractivity contribution in [1.82, 2.24) is 4.90 Å². The van der Waals surface area contributed by atoms with Gasteiger partial charge in [-0.25, -0.2) is 4.79 Å². The molecule has 0 unspecified atom stereocenters. The van der Waals surface area contributed by atoms with Crippen LogP contribution in [0.1, 0.15) is 21.5 Å². The number of anilines is 1. The van der Waals surface area contributed by atoms with E-state index in [9.17, 15) is 9.59 Å². The van der Waals surface area contributed by atoms with Gasteiger partial charge in [0.1, 0.15) is 5.75 Å². The summed E-state index contributed by atoms with van der Waals surface area (Å²) in [6.07, 6.45) is 2.05. The maximum atomic E-state index is 12.7. The Labute approximate surface area is 175 Å². The minimum Gasteiger partial charge on any atom is -0.497 e. The molecule has 5 nitrogen and oxygen atoms in total. The topological polar surface area (TPSA) is 58.6 Å². The first kappa shape index (κ1) is 19.5. The molecule has 0 fully saturated rings. The smallest absolute Gasteiger partial charge is 0.322 e. The summed E-state index contributed by atoms with van der Waals surface area (Å²) in [6.45, 7) is 1.04. The number of nitrogens with zero attached hydrogens (tertiary/aromatic N) is 1. The van der Waals surface area contributed by atoms with Crippen LogP contribution in [-0.4, -0.2) is 36.9 Å². The van der Waals surface area contributed by atoms with Crippen molar-refractivity contribution < 1.29 is 14.3 Å². The van der Waals surface area contributed by atoms with Gasteiger partial charge in [-0.2, -0.15) is 0 Å². The molecule has 1 aliphatic rings. The highest BCUT2D eigenvalue weighted by Crippen LogP contribution is 2.25. The van der Waals surface area contributed by atoms with Crippen LogP contribution in [0.3, 0.4) is 0 Å². The van der Waals surface area contributed by atoms with Crippen molar-refractivity contribution in [3.05, 3.63) is 102 Å². The quantitative estimate of drug-likeness (QED) is 0.625. The number of nitrogens with one attached hydrogen (secondary N) is 1. The molecule has 0 saturated carbocycles. The predicted molar refractivity (Wildman–Crippen MR) is 118 cm³/mol. The molecule has 3 aromatic carbocycles. The zero-order valence-corrected chi connectivity index (χ0v) is 16.7. The number of urea groups is 1. The summed E-state index contributed by atoms with van der Waals surface area (Å²) < 4.78 is 5.28. The van der Waals surface area contributed by atoms with Crippen molar-refractivity contribution in [1.29, 1.82) is 0 Å². The molecule has 0 spiro atoms. The van der Waals surface area contributed by atoms with E-state index in [0.29, 0.717) is 29.9 Å². The number of methoxy groups -OCH3 is 1. The Morgan fingerprint density at radius 1 is 0.900 bits per heavy atom. The van der Waals surface area contributed by atoms with Crippen LogP contribution in [0.5, 0.6) is 5.75 Å². The van der Waals surface area contributed by atoms with E-state index in [4.69, 9.17) is 4.74 Å². The molecule has 0 atom stereocenters. The second-order valence-corrected chi connectivity index (χ2v) is 7.05. The standard InChI is InChI=1S/C25H22N2O3/c1-30-23-12-6-9-19(16-23)21-13-14-27(17-21)25(29)26-22-11-5-10-20(15-22)24(28)18-7-3-2-4-8-18/h2-13,15-16H,14,17H2,1H3,(H,26,29). The molecule has 3 aromatic rings. The average molecular weight is 398 g/mol. The summed E-state index contributed by atoms with van der Waals surface area (Å²) in [7, 11) is 1.64. The average Bonchev–Trinajstić information content (AvgIpc) is 3.30. The zero-order chi connectivity index (χ0) is 20.9. The second-order valence-electron chi connectivity index (χ2n) is 7.05. The molecule has 0 saturated heterocycles. The van der Waals surface area contributed by atoms with Crippen molar-refractivity contribution >= 4 is 23.1 Å². The predicted octanol–water partition coefficient (Wildman–Crippen LogP) is 4.86. The van der Waals surface area contributed by atoms with Crippen LogP contribution in [-0.2, 0) is 0 Å². The van der Waals surface area contributed by atoms with Crippen LogP contribution in [0.4, 0.5) is 10.5 Å². The molecule has 150 valence electrons. The lowest BCUT2D eigenvalue weighted by Crippen LogP contribution is -2.33. The maximum absolute atomic E-state index is 12.7. The van der Waals surface area contributed by atoms with Crippen LogP contribution in [0.2, 0.25) is 0 Å². The Bertz CT molecular complexity index is 1110. The fourth-order valence-electron chi connectivity index (χ4n) is 3.44. The van der Waals surface area contributed by atoms with Crippen molar-refractivity contribution in [2.45, 2.75) is 0 Å². The third kappa shape index (κ3) is 4.25. The Morgan fingerprint density at radius 3 is 2.47 bits per heavy atom. The number of amides is 2. The van der Waals surface area contributed by atoms with Crippen molar-refractivity contribution in [2.75, 3.05) is 25.5 Å². The van der Waals surface area contributed by atoms with E-state index in [1.165, 1.54) is 0 Å². The summed E-state index contributed by atoms with van der Waals surface area (Å²) in [5.74, 6) is 0.714. The number of hydrogen-bond acceptors (Lipinski definition) is 3. The monoisotopic (exact) mass is 398 g/mol. The molecular weight excluding hydrogens is 376 g/mol. The fraction of sp³-hybridized carbons (Fsp3) is 0.120. The molecule has 0 radical (unpaired) electrons. The van der Waals surface area contributed by atoms with Gasteiger partial charge in [0.25, 0.3) is 0 Å². The third-order valence-electron chi connectivity index (χ3n) is 5.06. The van der Waals surface area contributed by atoms with E-state index in [-0.39, 0.29) is 11.8 Å². The second kappa shape index (κ2) is 8.66. The van der Waals surface area contributed by atoms with E-state index >= 15 is 0 Å². The Hall–Kier alpha value is -3.86. The molecule has 1 heterocycles. The van der Waals surface area contributed by atoms with Gasteiger partial charge in [-0.3, -0.25) is 4.79 Å². The highest BCUT2D eigenvalue weighted by atomic mass is 16.5. The number of hydrogen-bond donors (Lipinski definition) is 1. The van der Waals surface area contributed by atoms with Crippen LogP contribution in [0.15, 0.2) is 84.9 Å². The lowest BCUT2D eigenvalue weighted by Gasteiger charge is -2.18. The number of carbonyl (C=O) groups excluding carboxylic acids is 2. The van der Waals surface area contributed by atoms with E-state index in [0.717, 1.165) is 16.9 Å². The van der Waals surface area contributed by atoms with Gasteiger partial charge in [0.05, 0.1) is 7.11 Å².